The molecule has 2 N–H and O–H groups in total. The van der Waals surface area contributed by atoms with Crippen LogP contribution >= 0.6 is 11.6 Å². The monoisotopic (exact) mass is 198 g/mol. The Hall–Kier alpha value is -0.870. The molecule has 1 fully saturated rings. The van der Waals surface area contributed by atoms with Gasteiger partial charge < -0.3 is 10.6 Å². The zero-order valence-corrected chi connectivity index (χ0v) is 7.91. The Morgan fingerprint density at radius 1 is 1.46 bits per heavy atom. The maximum absolute atomic E-state index is 5.77. The number of hydrogen-bond acceptors (Lipinski definition) is 4. The molecule has 1 atom stereocenters. The number of halogens is 1. The summed E-state index contributed by atoms with van der Waals surface area (Å²) in [5, 5.41) is 0.562. The summed E-state index contributed by atoms with van der Waals surface area (Å²) in [5.74, 6) is 0.720. The van der Waals surface area contributed by atoms with Crippen molar-refractivity contribution >= 4 is 17.5 Å². The molecule has 2 rings (SSSR count). The lowest BCUT2D eigenvalue weighted by Gasteiger charge is -2.14. The van der Waals surface area contributed by atoms with Crippen molar-refractivity contribution in [1.29, 1.82) is 0 Å². The summed E-state index contributed by atoms with van der Waals surface area (Å²) in [5.41, 5.74) is 5.77. The summed E-state index contributed by atoms with van der Waals surface area (Å²) in [6.45, 7) is 1.77. The second-order valence-electron chi connectivity index (χ2n) is 3.20. The molecule has 1 aromatic heterocycles. The van der Waals surface area contributed by atoms with Gasteiger partial charge in [0.1, 0.15) is 0 Å². The summed E-state index contributed by atoms with van der Waals surface area (Å²) >= 11 is 5.68. The van der Waals surface area contributed by atoms with Gasteiger partial charge in [0.15, 0.2) is 0 Å². The van der Waals surface area contributed by atoms with Gasteiger partial charge in [-0.25, -0.2) is 9.97 Å². The van der Waals surface area contributed by atoms with E-state index in [1.807, 2.05) is 0 Å². The van der Waals surface area contributed by atoms with Gasteiger partial charge in [0.05, 0.1) is 17.4 Å². The first-order chi connectivity index (χ1) is 6.25. The van der Waals surface area contributed by atoms with E-state index in [4.69, 9.17) is 17.3 Å². The molecular formula is C8H11ClN4. The van der Waals surface area contributed by atoms with Gasteiger partial charge in [0.2, 0.25) is 5.95 Å². The molecule has 0 bridgehead atoms. The maximum atomic E-state index is 5.77. The van der Waals surface area contributed by atoms with Gasteiger partial charge in [0, 0.05) is 19.1 Å². The zero-order chi connectivity index (χ0) is 9.26. The molecule has 2 heterocycles. The van der Waals surface area contributed by atoms with Crippen LogP contribution in [0.3, 0.4) is 0 Å². The fourth-order valence-electron chi connectivity index (χ4n) is 1.44. The van der Waals surface area contributed by atoms with Gasteiger partial charge in [-0.1, -0.05) is 11.6 Å². The van der Waals surface area contributed by atoms with Crippen molar-refractivity contribution < 1.29 is 0 Å². The third kappa shape index (κ3) is 1.89. The van der Waals surface area contributed by atoms with Crippen LogP contribution in [0, 0.1) is 0 Å². The predicted octanol–water partition coefficient (Wildman–Crippen LogP) is 0.667. The van der Waals surface area contributed by atoms with Crippen molar-refractivity contribution in [3.63, 3.8) is 0 Å². The van der Waals surface area contributed by atoms with Gasteiger partial charge in [-0.05, 0) is 6.42 Å². The van der Waals surface area contributed by atoms with Crippen LogP contribution in [0.2, 0.25) is 5.02 Å². The van der Waals surface area contributed by atoms with Crippen LogP contribution < -0.4 is 10.6 Å². The number of aromatic nitrogens is 2. The molecule has 0 amide bonds. The van der Waals surface area contributed by atoms with Crippen molar-refractivity contribution in [2.45, 2.75) is 12.5 Å². The molecule has 0 spiro atoms. The fourth-order valence-corrected chi connectivity index (χ4v) is 1.54. The second kappa shape index (κ2) is 3.47. The largest absolute Gasteiger partial charge is 0.339 e. The number of hydrogen-bond donors (Lipinski definition) is 1. The van der Waals surface area contributed by atoms with Gasteiger partial charge >= 0.3 is 0 Å². The number of nitrogens with two attached hydrogens (primary N) is 1. The van der Waals surface area contributed by atoms with Gasteiger partial charge in [-0.2, -0.15) is 0 Å². The fraction of sp³-hybridized carbons (Fsp3) is 0.500. The van der Waals surface area contributed by atoms with Crippen molar-refractivity contribution in [3.8, 4) is 0 Å². The molecule has 0 aromatic carbocycles. The summed E-state index contributed by atoms with van der Waals surface area (Å²) in [7, 11) is 0. The van der Waals surface area contributed by atoms with Gasteiger partial charge in [-0.15, -0.1) is 0 Å². The molecular weight excluding hydrogens is 188 g/mol. The SMILES string of the molecule is N[C@@H]1CCN(c2ncc(Cl)cn2)C1. The van der Waals surface area contributed by atoms with E-state index < -0.39 is 0 Å². The smallest absolute Gasteiger partial charge is 0.225 e. The van der Waals surface area contributed by atoms with Crippen LogP contribution in [-0.4, -0.2) is 29.1 Å². The van der Waals surface area contributed by atoms with E-state index in [1.54, 1.807) is 12.4 Å². The topological polar surface area (TPSA) is 55.0 Å². The van der Waals surface area contributed by atoms with Gasteiger partial charge in [-0.3, -0.25) is 0 Å². The number of nitrogens with zero attached hydrogens (tertiary/aromatic N) is 3. The molecule has 0 aliphatic carbocycles. The first-order valence-electron chi connectivity index (χ1n) is 4.24. The minimum atomic E-state index is 0.249. The molecule has 5 heteroatoms. The van der Waals surface area contributed by atoms with E-state index in [0.717, 1.165) is 25.5 Å². The Labute approximate surface area is 81.7 Å². The Bertz CT molecular complexity index is 287. The highest BCUT2D eigenvalue weighted by Crippen LogP contribution is 2.15. The average molecular weight is 199 g/mol. The molecule has 1 saturated heterocycles. The van der Waals surface area contributed by atoms with E-state index >= 15 is 0 Å². The zero-order valence-electron chi connectivity index (χ0n) is 7.15. The summed E-state index contributed by atoms with van der Waals surface area (Å²) in [6.07, 6.45) is 4.22. The summed E-state index contributed by atoms with van der Waals surface area (Å²) < 4.78 is 0. The molecule has 4 nitrogen and oxygen atoms in total. The normalized spacial score (nSPS) is 22.3. The Morgan fingerprint density at radius 2 is 2.15 bits per heavy atom. The second-order valence-corrected chi connectivity index (χ2v) is 3.63. The first kappa shape index (κ1) is 8.72. The summed E-state index contributed by atoms with van der Waals surface area (Å²) in [4.78, 5) is 10.3. The highest BCUT2D eigenvalue weighted by molar-refractivity contribution is 6.30. The third-order valence-corrected chi connectivity index (χ3v) is 2.31. The standard InChI is InChI=1S/C8H11ClN4/c9-6-3-11-8(12-4-6)13-2-1-7(10)5-13/h3-4,7H,1-2,5,10H2/t7-/m1/s1. The third-order valence-electron chi connectivity index (χ3n) is 2.11. The minimum absolute atomic E-state index is 0.249. The molecule has 1 aromatic rings. The first-order valence-corrected chi connectivity index (χ1v) is 4.61. The predicted molar refractivity (Wildman–Crippen MR) is 51.8 cm³/mol. The molecule has 1 aliphatic rings. The lowest BCUT2D eigenvalue weighted by Crippen LogP contribution is -2.27. The van der Waals surface area contributed by atoms with E-state index in [0.29, 0.717) is 5.02 Å². The van der Waals surface area contributed by atoms with Crippen molar-refractivity contribution in [3.05, 3.63) is 17.4 Å². The van der Waals surface area contributed by atoms with E-state index in [9.17, 15) is 0 Å². The minimum Gasteiger partial charge on any atom is -0.339 e. The molecule has 0 saturated carbocycles. The highest BCUT2D eigenvalue weighted by Gasteiger charge is 2.20. The van der Waals surface area contributed by atoms with Crippen LogP contribution in [0.25, 0.3) is 0 Å². The van der Waals surface area contributed by atoms with Crippen molar-refractivity contribution in [2.75, 3.05) is 18.0 Å². The molecule has 0 unspecified atom stereocenters. The molecule has 1 aliphatic heterocycles. The van der Waals surface area contributed by atoms with Crippen molar-refractivity contribution in [1.82, 2.24) is 9.97 Å². The Morgan fingerprint density at radius 3 is 2.69 bits per heavy atom. The lowest BCUT2D eigenvalue weighted by atomic mass is 10.3. The average Bonchev–Trinajstić information content (AvgIpc) is 2.53. The highest BCUT2D eigenvalue weighted by atomic mass is 35.5. The van der Waals surface area contributed by atoms with E-state index in [1.165, 1.54) is 0 Å². The lowest BCUT2D eigenvalue weighted by molar-refractivity contribution is 0.750. The number of anilines is 1. The molecule has 13 heavy (non-hydrogen) atoms. The molecule has 70 valence electrons. The van der Waals surface area contributed by atoms with E-state index in [2.05, 4.69) is 14.9 Å². The number of rotatable bonds is 1. The van der Waals surface area contributed by atoms with Crippen LogP contribution in [-0.2, 0) is 0 Å². The summed E-state index contributed by atoms with van der Waals surface area (Å²) in [6, 6.07) is 0.249. The Balaban J connectivity index is 2.13. The van der Waals surface area contributed by atoms with Crippen molar-refractivity contribution in [2.24, 2.45) is 5.73 Å². The van der Waals surface area contributed by atoms with Crippen LogP contribution in [0.1, 0.15) is 6.42 Å². The van der Waals surface area contributed by atoms with Crippen LogP contribution in [0.15, 0.2) is 12.4 Å². The van der Waals surface area contributed by atoms with Crippen LogP contribution in [0.4, 0.5) is 5.95 Å². The maximum Gasteiger partial charge on any atom is 0.225 e. The Kier molecular flexibility index (Phi) is 2.33. The molecule has 0 radical (unpaired) electrons. The van der Waals surface area contributed by atoms with Crippen LogP contribution in [0.5, 0.6) is 0 Å². The van der Waals surface area contributed by atoms with E-state index in [-0.39, 0.29) is 6.04 Å². The van der Waals surface area contributed by atoms with Gasteiger partial charge in [0.25, 0.3) is 0 Å². The quantitative estimate of drug-likeness (QED) is 0.721.